The van der Waals surface area contributed by atoms with Crippen molar-refractivity contribution in [1.29, 1.82) is 0 Å². The Hall–Kier alpha value is 0.0400. The first-order chi connectivity index (χ1) is 6.00. The molecule has 0 spiro atoms. The van der Waals surface area contributed by atoms with E-state index in [4.69, 9.17) is 0 Å². The summed E-state index contributed by atoms with van der Waals surface area (Å²) in [5, 5.41) is -3.72. The highest BCUT2D eigenvalue weighted by Gasteiger charge is 2.38. The number of piperidine rings is 1. The van der Waals surface area contributed by atoms with E-state index in [0.717, 1.165) is 19.3 Å². The number of nitrogens with zero attached hydrogens (tertiary/aromatic N) is 1. The first kappa shape index (κ1) is 11.1. The average Bonchev–Trinajstić information content (AvgIpc) is 2.04. The van der Waals surface area contributed by atoms with Crippen LogP contribution in [0.2, 0.25) is 0 Å². The van der Waals surface area contributed by atoms with Crippen LogP contribution in [-0.4, -0.2) is 36.1 Å². The Morgan fingerprint density at radius 3 is 2.23 bits per heavy atom. The van der Waals surface area contributed by atoms with Crippen LogP contribution in [0.5, 0.6) is 0 Å². The molecule has 0 aromatic rings. The Morgan fingerprint density at radius 2 is 1.77 bits per heavy atom. The molecule has 0 N–H and O–H groups in total. The molecule has 0 aliphatic carbocycles. The predicted molar refractivity (Wildman–Crippen MR) is 46.0 cm³/mol. The average molecular weight is 216 g/mol. The largest absolute Gasteiger partial charge is 0.353 e. The molecule has 1 fully saturated rings. The van der Waals surface area contributed by atoms with Crippen molar-refractivity contribution in [1.82, 2.24) is 4.90 Å². The number of rotatable bonds is 3. The summed E-state index contributed by atoms with van der Waals surface area (Å²) < 4.78 is 37.2. The molecule has 78 valence electrons. The second-order valence-corrected chi connectivity index (χ2v) is 3.87. The second kappa shape index (κ2) is 4.51. The Bertz CT molecular complexity index is 154. The van der Waals surface area contributed by atoms with Gasteiger partial charge in [-0.05, 0) is 37.5 Å². The van der Waals surface area contributed by atoms with Gasteiger partial charge in [0, 0.05) is 6.54 Å². The normalized spacial score (nSPS) is 23.1. The zero-order chi connectivity index (χ0) is 9.90. The molecule has 1 unspecified atom stereocenters. The molecule has 0 aromatic heterocycles. The highest BCUT2D eigenvalue weighted by molar-refractivity contribution is 6.22. The van der Waals surface area contributed by atoms with Crippen molar-refractivity contribution >= 4 is 11.6 Å². The predicted octanol–water partition coefficient (Wildman–Crippen LogP) is 2.64. The zero-order valence-electron chi connectivity index (χ0n) is 7.28. The van der Waals surface area contributed by atoms with Gasteiger partial charge >= 0.3 is 5.38 Å². The molecule has 0 radical (unpaired) electrons. The summed E-state index contributed by atoms with van der Waals surface area (Å²) >= 11 is 4.57. The lowest BCUT2D eigenvalue weighted by atomic mass is 10.1. The summed E-state index contributed by atoms with van der Waals surface area (Å²) in [6, 6.07) is 0. The molecule has 1 atom stereocenters. The van der Waals surface area contributed by atoms with Gasteiger partial charge in [-0.2, -0.15) is 8.78 Å². The van der Waals surface area contributed by atoms with Crippen LogP contribution in [0.25, 0.3) is 0 Å². The van der Waals surface area contributed by atoms with Crippen LogP contribution in [0.4, 0.5) is 13.2 Å². The first-order valence-corrected chi connectivity index (χ1v) is 4.81. The van der Waals surface area contributed by atoms with Crippen LogP contribution in [0.3, 0.4) is 0 Å². The lowest BCUT2D eigenvalue weighted by molar-refractivity contribution is -0.0124. The molecular formula is C8H13ClF3N. The monoisotopic (exact) mass is 215 g/mol. The number of hydrogen-bond acceptors (Lipinski definition) is 1. The maximum Gasteiger partial charge on any atom is 0.353 e. The fourth-order valence-electron chi connectivity index (χ4n) is 1.47. The molecule has 13 heavy (non-hydrogen) atoms. The van der Waals surface area contributed by atoms with Crippen LogP contribution >= 0.6 is 11.6 Å². The van der Waals surface area contributed by atoms with Crippen molar-refractivity contribution in [2.45, 2.75) is 30.8 Å². The maximum atomic E-state index is 12.8. The Kier molecular flexibility index (Phi) is 3.86. The van der Waals surface area contributed by atoms with Crippen molar-refractivity contribution in [2.75, 3.05) is 19.6 Å². The van der Waals surface area contributed by atoms with Crippen molar-refractivity contribution in [3.8, 4) is 0 Å². The quantitative estimate of drug-likeness (QED) is 0.655. The minimum atomic E-state index is -3.72. The SMILES string of the molecule is FC(CN1CCCCC1)C(F)(F)Cl. The summed E-state index contributed by atoms with van der Waals surface area (Å²) in [5.41, 5.74) is 0. The van der Waals surface area contributed by atoms with E-state index in [-0.39, 0.29) is 6.54 Å². The van der Waals surface area contributed by atoms with E-state index in [1.807, 2.05) is 0 Å². The molecule has 1 saturated heterocycles. The Morgan fingerprint density at radius 1 is 1.23 bits per heavy atom. The molecule has 0 bridgehead atoms. The van der Waals surface area contributed by atoms with Gasteiger partial charge in [-0.1, -0.05) is 6.42 Å². The Labute approximate surface area is 80.8 Å². The van der Waals surface area contributed by atoms with Gasteiger partial charge in [-0.3, -0.25) is 0 Å². The van der Waals surface area contributed by atoms with Gasteiger partial charge in [-0.15, -0.1) is 0 Å². The fraction of sp³-hybridized carbons (Fsp3) is 1.00. The molecule has 1 aliphatic rings. The molecule has 1 nitrogen and oxygen atoms in total. The van der Waals surface area contributed by atoms with E-state index in [1.54, 1.807) is 4.90 Å². The summed E-state index contributed by atoms with van der Waals surface area (Å²) in [7, 11) is 0. The van der Waals surface area contributed by atoms with E-state index >= 15 is 0 Å². The van der Waals surface area contributed by atoms with Crippen LogP contribution in [-0.2, 0) is 0 Å². The minimum absolute atomic E-state index is 0.253. The Balaban J connectivity index is 2.30. The van der Waals surface area contributed by atoms with Crippen molar-refractivity contribution < 1.29 is 13.2 Å². The van der Waals surface area contributed by atoms with Crippen LogP contribution in [0.1, 0.15) is 19.3 Å². The summed E-state index contributed by atoms with van der Waals surface area (Å²) in [6.45, 7) is 1.15. The number of halogens is 4. The van der Waals surface area contributed by atoms with Gasteiger partial charge in [0.25, 0.3) is 0 Å². The third-order valence-electron chi connectivity index (χ3n) is 2.22. The van der Waals surface area contributed by atoms with Crippen LogP contribution in [0.15, 0.2) is 0 Å². The van der Waals surface area contributed by atoms with E-state index < -0.39 is 11.6 Å². The highest BCUT2D eigenvalue weighted by atomic mass is 35.5. The lowest BCUT2D eigenvalue weighted by Crippen LogP contribution is -2.40. The number of likely N-dealkylation sites (tertiary alicyclic amines) is 1. The molecule has 5 heteroatoms. The third-order valence-corrected chi connectivity index (χ3v) is 2.46. The smallest absolute Gasteiger partial charge is 0.300 e. The first-order valence-electron chi connectivity index (χ1n) is 4.43. The lowest BCUT2D eigenvalue weighted by Gasteiger charge is -2.28. The maximum absolute atomic E-state index is 12.8. The van der Waals surface area contributed by atoms with Gasteiger partial charge in [0.2, 0.25) is 0 Å². The van der Waals surface area contributed by atoms with Crippen LogP contribution < -0.4 is 0 Å². The molecule has 1 heterocycles. The summed E-state index contributed by atoms with van der Waals surface area (Å²) in [5.74, 6) is 0. The van der Waals surface area contributed by atoms with Gasteiger partial charge in [-0.25, -0.2) is 4.39 Å². The molecule has 0 aromatic carbocycles. The number of hydrogen-bond donors (Lipinski definition) is 0. The fourth-order valence-corrected chi connectivity index (χ4v) is 1.54. The topological polar surface area (TPSA) is 3.24 Å². The molecule has 1 aliphatic heterocycles. The molecule has 1 rings (SSSR count). The third kappa shape index (κ3) is 3.73. The van der Waals surface area contributed by atoms with E-state index in [1.165, 1.54) is 0 Å². The molecular weight excluding hydrogens is 203 g/mol. The second-order valence-electron chi connectivity index (χ2n) is 3.37. The van der Waals surface area contributed by atoms with Gasteiger partial charge in [0.15, 0.2) is 6.17 Å². The van der Waals surface area contributed by atoms with Crippen LogP contribution in [0, 0.1) is 0 Å². The van der Waals surface area contributed by atoms with Gasteiger partial charge < -0.3 is 4.90 Å². The minimum Gasteiger partial charge on any atom is -0.300 e. The van der Waals surface area contributed by atoms with E-state index in [9.17, 15) is 13.2 Å². The highest BCUT2D eigenvalue weighted by Crippen LogP contribution is 2.27. The molecule has 0 amide bonds. The zero-order valence-corrected chi connectivity index (χ0v) is 8.03. The van der Waals surface area contributed by atoms with Gasteiger partial charge in [0.05, 0.1) is 0 Å². The number of alkyl halides is 4. The van der Waals surface area contributed by atoms with Gasteiger partial charge in [0.1, 0.15) is 0 Å². The van der Waals surface area contributed by atoms with E-state index in [2.05, 4.69) is 11.6 Å². The van der Waals surface area contributed by atoms with Crippen molar-refractivity contribution in [2.24, 2.45) is 0 Å². The summed E-state index contributed by atoms with van der Waals surface area (Å²) in [4.78, 5) is 1.70. The molecule has 0 saturated carbocycles. The summed E-state index contributed by atoms with van der Waals surface area (Å²) in [6.07, 6.45) is 0.763. The standard InChI is InChI=1S/C8H13ClF3N/c9-8(11,12)7(10)6-13-4-2-1-3-5-13/h7H,1-6H2. The van der Waals surface area contributed by atoms with Crippen molar-refractivity contribution in [3.63, 3.8) is 0 Å². The van der Waals surface area contributed by atoms with E-state index in [0.29, 0.717) is 13.1 Å². The van der Waals surface area contributed by atoms with Crippen molar-refractivity contribution in [3.05, 3.63) is 0 Å².